The Kier molecular flexibility index (Phi) is 4.84. The van der Waals surface area contributed by atoms with Gasteiger partial charge in [0.1, 0.15) is 0 Å². The van der Waals surface area contributed by atoms with Gasteiger partial charge in [0.05, 0.1) is 4.90 Å². The van der Waals surface area contributed by atoms with E-state index in [-0.39, 0.29) is 0 Å². The van der Waals surface area contributed by atoms with Crippen molar-refractivity contribution in [3.8, 4) is 5.69 Å². The SMILES string of the molecule is Cc1nc(CC2CCN(S(=O)(=O)c3ccc(-n4cccc4)cc3)CC2)no1. The van der Waals surface area contributed by atoms with Gasteiger partial charge in [-0.05, 0) is 55.2 Å². The molecule has 1 saturated heterocycles. The summed E-state index contributed by atoms with van der Waals surface area (Å²) in [5, 5.41) is 3.93. The monoisotopic (exact) mass is 386 g/mol. The molecule has 0 saturated carbocycles. The Morgan fingerprint density at radius 3 is 2.37 bits per heavy atom. The van der Waals surface area contributed by atoms with Crippen LogP contribution >= 0.6 is 0 Å². The van der Waals surface area contributed by atoms with Gasteiger partial charge < -0.3 is 9.09 Å². The third kappa shape index (κ3) is 3.81. The summed E-state index contributed by atoms with van der Waals surface area (Å²) in [5.74, 6) is 1.65. The van der Waals surface area contributed by atoms with E-state index in [2.05, 4.69) is 10.1 Å². The van der Waals surface area contributed by atoms with E-state index in [1.807, 2.05) is 41.2 Å². The number of aromatic nitrogens is 3. The lowest BCUT2D eigenvalue weighted by atomic mass is 9.94. The topological polar surface area (TPSA) is 81.2 Å². The number of aryl methyl sites for hydroxylation is 1. The maximum Gasteiger partial charge on any atom is 0.243 e. The quantitative estimate of drug-likeness (QED) is 0.673. The molecule has 0 bridgehead atoms. The first-order valence-electron chi connectivity index (χ1n) is 9.05. The second kappa shape index (κ2) is 7.28. The van der Waals surface area contributed by atoms with Crippen molar-refractivity contribution in [2.24, 2.45) is 5.92 Å². The third-order valence-electron chi connectivity index (χ3n) is 4.99. The maximum absolute atomic E-state index is 12.9. The Bertz CT molecular complexity index is 986. The smallest absolute Gasteiger partial charge is 0.243 e. The summed E-state index contributed by atoms with van der Waals surface area (Å²) >= 11 is 0. The molecule has 1 aliphatic rings. The van der Waals surface area contributed by atoms with E-state index < -0.39 is 10.0 Å². The summed E-state index contributed by atoms with van der Waals surface area (Å²) in [5.41, 5.74) is 0.938. The molecule has 1 aromatic carbocycles. The molecule has 4 rings (SSSR count). The molecule has 0 unspecified atom stereocenters. The molecule has 1 aliphatic heterocycles. The number of piperidine rings is 1. The van der Waals surface area contributed by atoms with Crippen LogP contribution in [0.1, 0.15) is 24.6 Å². The summed E-state index contributed by atoms with van der Waals surface area (Å²) < 4.78 is 34.4. The van der Waals surface area contributed by atoms with Gasteiger partial charge in [-0.2, -0.15) is 9.29 Å². The summed E-state index contributed by atoms with van der Waals surface area (Å²) in [6.07, 6.45) is 6.19. The van der Waals surface area contributed by atoms with Crippen molar-refractivity contribution in [1.82, 2.24) is 19.0 Å². The van der Waals surface area contributed by atoms with Crippen molar-refractivity contribution >= 4 is 10.0 Å². The van der Waals surface area contributed by atoms with Crippen molar-refractivity contribution in [1.29, 1.82) is 0 Å². The molecule has 2 aromatic heterocycles. The fourth-order valence-corrected chi connectivity index (χ4v) is 4.95. The molecule has 0 amide bonds. The number of sulfonamides is 1. The lowest BCUT2D eigenvalue weighted by Crippen LogP contribution is -2.38. The van der Waals surface area contributed by atoms with Gasteiger partial charge in [-0.15, -0.1) is 0 Å². The fourth-order valence-electron chi connectivity index (χ4n) is 3.48. The highest BCUT2D eigenvalue weighted by Crippen LogP contribution is 2.26. The molecular weight excluding hydrogens is 364 g/mol. The van der Waals surface area contributed by atoms with Gasteiger partial charge in [0.2, 0.25) is 15.9 Å². The molecule has 27 heavy (non-hydrogen) atoms. The Balaban J connectivity index is 1.41. The van der Waals surface area contributed by atoms with Crippen LogP contribution < -0.4 is 0 Å². The number of hydrogen-bond acceptors (Lipinski definition) is 5. The highest BCUT2D eigenvalue weighted by atomic mass is 32.2. The van der Waals surface area contributed by atoms with Gasteiger partial charge in [0, 0.05) is 44.5 Å². The first kappa shape index (κ1) is 17.9. The average molecular weight is 386 g/mol. The van der Waals surface area contributed by atoms with Crippen molar-refractivity contribution in [2.45, 2.75) is 31.1 Å². The van der Waals surface area contributed by atoms with Crippen LogP contribution in [0, 0.1) is 12.8 Å². The standard InChI is InChI=1S/C19H22N4O3S/c1-15-20-19(21-26-15)14-16-8-12-23(13-9-16)27(24,25)18-6-4-17(5-7-18)22-10-2-3-11-22/h2-7,10-11,16H,8-9,12-14H2,1H3. The van der Waals surface area contributed by atoms with Gasteiger partial charge in [-0.3, -0.25) is 0 Å². The predicted octanol–water partition coefficient (Wildman–Crippen LogP) is 2.81. The van der Waals surface area contributed by atoms with Crippen LogP contribution in [0.4, 0.5) is 0 Å². The molecule has 1 fully saturated rings. The van der Waals surface area contributed by atoms with E-state index in [1.165, 1.54) is 0 Å². The molecule has 3 heterocycles. The minimum absolute atomic E-state index is 0.339. The Morgan fingerprint density at radius 2 is 1.78 bits per heavy atom. The van der Waals surface area contributed by atoms with Gasteiger partial charge in [0.25, 0.3) is 0 Å². The van der Waals surface area contributed by atoms with Crippen LogP contribution in [0.2, 0.25) is 0 Å². The number of hydrogen-bond donors (Lipinski definition) is 0. The van der Waals surface area contributed by atoms with Crippen LogP contribution in [0.3, 0.4) is 0 Å². The molecule has 0 N–H and O–H groups in total. The van der Waals surface area contributed by atoms with E-state index in [1.54, 1.807) is 23.4 Å². The second-order valence-corrected chi connectivity index (χ2v) is 8.80. The molecule has 7 nitrogen and oxygen atoms in total. The molecule has 8 heteroatoms. The molecule has 0 spiro atoms. The highest BCUT2D eigenvalue weighted by Gasteiger charge is 2.30. The zero-order valence-corrected chi connectivity index (χ0v) is 16.0. The average Bonchev–Trinajstić information content (AvgIpc) is 3.34. The summed E-state index contributed by atoms with van der Waals surface area (Å²) in [6.45, 7) is 2.81. The summed E-state index contributed by atoms with van der Waals surface area (Å²) in [7, 11) is -3.47. The molecular formula is C19H22N4O3S. The van der Waals surface area contributed by atoms with Crippen LogP contribution in [0.15, 0.2) is 58.2 Å². The first-order valence-corrected chi connectivity index (χ1v) is 10.5. The Hall–Kier alpha value is -2.45. The lowest BCUT2D eigenvalue weighted by Gasteiger charge is -2.30. The van der Waals surface area contributed by atoms with Crippen LogP contribution in [-0.4, -0.2) is 40.5 Å². The molecule has 142 valence electrons. The minimum atomic E-state index is -3.47. The van der Waals surface area contributed by atoms with Crippen molar-refractivity contribution in [2.75, 3.05) is 13.1 Å². The Morgan fingerprint density at radius 1 is 1.11 bits per heavy atom. The fraction of sp³-hybridized carbons (Fsp3) is 0.368. The lowest BCUT2D eigenvalue weighted by molar-refractivity contribution is 0.268. The summed E-state index contributed by atoms with van der Waals surface area (Å²) in [4.78, 5) is 4.58. The number of rotatable bonds is 5. The first-order chi connectivity index (χ1) is 13.0. The summed E-state index contributed by atoms with van der Waals surface area (Å²) in [6, 6.07) is 10.9. The predicted molar refractivity (Wildman–Crippen MR) is 100.0 cm³/mol. The van der Waals surface area contributed by atoms with E-state index >= 15 is 0 Å². The van der Waals surface area contributed by atoms with E-state index in [0.29, 0.717) is 35.6 Å². The zero-order valence-electron chi connectivity index (χ0n) is 15.2. The van der Waals surface area contributed by atoms with E-state index in [0.717, 1.165) is 24.9 Å². The minimum Gasteiger partial charge on any atom is -0.340 e. The zero-order chi connectivity index (χ0) is 18.9. The van der Waals surface area contributed by atoms with Crippen LogP contribution in [-0.2, 0) is 16.4 Å². The second-order valence-electron chi connectivity index (χ2n) is 6.87. The molecule has 0 aliphatic carbocycles. The van der Waals surface area contributed by atoms with Crippen molar-refractivity contribution in [3.05, 3.63) is 60.5 Å². The maximum atomic E-state index is 12.9. The molecule has 0 radical (unpaired) electrons. The highest BCUT2D eigenvalue weighted by molar-refractivity contribution is 7.89. The van der Waals surface area contributed by atoms with Crippen LogP contribution in [0.25, 0.3) is 5.69 Å². The van der Waals surface area contributed by atoms with Gasteiger partial charge in [-0.25, -0.2) is 8.42 Å². The third-order valence-corrected chi connectivity index (χ3v) is 6.90. The van der Waals surface area contributed by atoms with E-state index in [4.69, 9.17) is 4.52 Å². The molecule has 0 atom stereocenters. The van der Waals surface area contributed by atoms with E-state index in [9.17, 15) is 8.42 Å². The number of nitrogens with zero attached hydrogens (tertiary/aromatic N) is 4. The van der Waals surface area contributed by atoms with Crippen LogP contribution in [0.5, 0.6) is 0 Å². The van der Waals surface area contributed by atoms with Crippen molar-refractivity contribution < 1.29 is 12.9 Å². The van der Waals surface area contributed by atoms with Gasteiger partial charge >= 0.3 is 0 Å². The van der Waals surface area contributed by atoms with Gasteiger partial charge in [-0.1, -0.05) is 5.16 Å². The largest absolute Gasteiger partial charge is 0.340 e. The van der Waals surface area contributed by atoms with Crippen molar-refractivity contribution in [3.63, 3.8) is 0 Å². The normalized spacial score (nSPS) is 16.6. The van der Waals surface area contributed by atoms with Gasteiger partial charge in [0.15, 0.2) is 5.82 Å². The molecule has 3 aromatic rings. The number of benzene rings is 1. The Labute approximate surface area is 158 Å².